The normalized spacial score (nSPS) is 19.3. The van der Waals surface area contributed by atoms with Gasteiger partial charge in [-0.05, 0) is 36.2 Å². The summed E-state index contributed by atoms with van der Waals surface area (Å²) in [4.78, 5) is 38.3. The molecule has 0 saturated heterocycles. The Morgan fingerprint density at radius 1 is 1.22 bits per heavy atom. The van der Waals surface area contributed by atoms with E-state index in [-0.39, 0.29) is 11.0 Å². The maximum atomic E-state index is 14.0. The molecule has 1 aromatic carbocycles. The number of nitrogens with one attached hydrogen (secondary N) is 1. The lowest BCUT2D eigenvalue weighted by Gasteiger charge is -2.32. The first kappa shape index (κ1) is 19.2. The molecule has 0 bridgehead atoms. The predicted molar refractivity (Wildman–Crippen MR) is 97.5 cm³/mol. The van der Waals surface area contributed by atoms with Crippen LogP contribution in [0.5, 0.6) is 0 Å². The summed E-state index contributed by atoms with van der Waals surface area (Å²) in [5.41, 5.74) is -0.930. The first-order valence-electron chi connectivity index (χ1n) is 8.35. The Kier molecular flexibility index (Phi) is 4.47. The fourth-order valence-corrected chi connectivity index (χ4v) is 3.74. The number of hydrogen-bond donors (Lipinski definition) is 1. The van der Waals surface area contributed by atoms with E-state index in [1.54, 1.807) is 31.3 Å². The van der Waals surface area contributed by atoms with Crippen molar-refractivity contribution in [2.45, 2.75) is 45.2 Å². The fraction of sp³-hybridized carbons (Fsp3) is 0.389. The summed E-state index contributed by atoms with van der Waals surface area (Å²) < 4.78 is 26.2. The Balaban J connectivity index is 2.36. The van der Waals surface area contributed by atoms with Crippen molar-refractivity contribution in [3.8, 4) is 0 Å². The molecule has 2 aromatic rings. The highest BCUT2D eigenvalue weighted by molar-refractivity contribution is 6.48. The second-order valence-corrected chi connectivity index (χ2v) is 9.62. The van der Waals surface area contributed by atoms with Gasteiger partial charge in [-0.25, -0.2) is 14.2 Å². The number of H-pyrrole nitrogens is 1. The molecule has 3 rings (SSSR count). The van der Waals surface area contributed by atoms with Crippen molar-refractivity contribution in [3.05, 3.63) is 67.7 Å². The molecular formula is C18H20FN2O5Si. The lowest BCUT2D eigenvalue weighted by Crippen LogP contribution is -2.49. The molecule has 1 radical (unpaired) electrons. The van der Waals surface area contributed by atoms with Gasteiger partial charge < -0.3 is 9.16 Å². The lowest BCUT2D eigenvalue weighted by molar-refractivity contribution is -0.169. The second-order valence-electron chi connectivity index (χ2n) is 7.60. The van der Waals surface area contributed by atoms with E-state index < -0.39 is 38.0 Å². The van der Waals surface area contributed by atoms with Gasteiger partial charge in [-0.1, -0.05) is 26.8 Å². The molecule has 1 N–H and O–H groups in total. The van der Waals surface area contributed by atoms with Gasteiger partial charge in [-0.3, -0.25) is 9.78 Å². The van der Waals surface area contributed by atoms with Gasteiger partial charge in [0.2, 0.25) is 14.9 Å². The van der Waals surface area contributed by atoms with Crippen LogP contribution in [-0.2, 0) is 20.5 Å². The minimum Gasteiger partial charge on any atom is -0.406 e. The Hall–Kier alpha value is -2.52. The molecule has 1 aliphatic rings. The maximum absolute atomic E-state index is 14.0. The van der Waals surface area contributed by atoms with E-state index in [0.29, 0.717) is 11.8 Å². The quantitative estimate of drug-likeness (QED) is 0.639. The molecule has 1 aliphatic heterocycles. The fourth-order valence-electron chi connectivity index (χ4n) is 2.93. The number of esters is 1. The molecule has 1 aromatic heterocycles. The Bertz CT molecular complexity index is 1040. The van der Waals surface area contributed by atoms with E-state index in [1.807, 2.05) is 25.8 Å². The van der Waals surface area contributed by atoms with Gasteiger partial charge >= 0.3 is 17.6 Å². The zero-order valence-corrected chi connectivity index (χ0v) is 16.7. The van der Waals surface area contributed by atoms with Crippen molar-refractivity contribution in [1.29, 1.82) is 0 Å². The Morgan fingerprint density at radius 2 is 1.89 bits per heavy atom. The van der Waals surface area contributed by atoms with E-state index in [2.05, 4.69) is 0 Å². The summed E-state index contributed by atoms with van der Waals surface area (Å²) in [6.07, 6.45) is 0.706. The third kappa shape index (κ3) is 3.17. The van der Waals surface area contributed by atoms with E-state index in [1.165, 1.54) is 0 Å². The van der Waals surface area contributed by atoms with E-state index in [0.717, 1.165) is 10.1 Å². The van der Waals surface area contributed by atoms with Crippen LogP contribution >= 0.6 is 0 Å². The molecule has 9 heteroatoms. The van der Waals surface area contributed by atoms with Crippen molar-refractivity contribution >= 4 is 15.0 Å². The monoisotopic (exact) mass is 391 g/mol. The molecule has 0 aliphatic carbocycles. The largest absolute Gasteiger partial charge is 0.406 e. The smallest absolute Gasteiger partial charge is 0.342 e. The minimum atomic E-state index is -1.96. The summed E-state index contributed by atoms with van der Waals surface area (Å²) in [6, 6.07) is 5.13. The summed E-state index contributed by atoms with van der Waals surface area (Å²) in [5.74, 6) is -3.84. The molecule has 2 heterocycles. The lowest BCUT2D eigenvalue weighted by atomic mass is 9.85. The number of benzene rings is 1. The van der Waals surface area contributed by atoms with E-state index >= 15 is 0 Å². The van der Waals surface area contributed by atoms with Crippen LogP contribution in [-0.4, -0.2) is 24.6 Å². The number of aromatic nitrogens is 2. The third-order valence-electron chi connectivity index (χ3n) is 4.24. The SMILES string of the molecule is C[Si](C)OC1(n2cc(F)c(=O)[nH]c2=O)OC(=O)c2ccc(C(C)(C)C)cc21. The van der Waals surface area contributed by atoms with Gasteiger partial charge in [-0.15, -0.1) is 0 Å². The van der Waals surface area contributed by atoms with Gasteiger partial charge in [0.1, 0.15) is 0 Å². The molecule has 27 heavy (non-hydrogen) atoms. The highest BCUT2D eigenvalue weighted by Crippen LogP contribution is 2.40. The number of aromatic amines is 1. The molecule has 1 atom stereocenters. The van der Waals surface area contributed by atoms with Crippen LogP contribution in [0.3, 0.4) is 0 Å². The zero-order valence-electron chi connectivity index (χ0n) is 15.7. The predicted octanol–water partition coefficient (Wildman–Crippen LogP) is 2.07. The molecule has 143 valence electrons. The number of halogens is 1. The van der Waals surface area contributed by atoms with Crippen LogP contribution in [0.25, 0.3) is 0 Å². The third-order valence-corrected chi connectivity index (χ3v) is 4.92. The molecule has 7 nitrogen and oxygen atoms in total. The number of nitrogens with zero attached hydrogens (tertiary/aromatic N) is 1. The number of carbonyl (C=O) groups is 1. The number of ether oxygens (including phenoxy) is 1. The Morgan fingerprint density at radius 3 is 2.48 bits per heavy atom. The van der Waals surface area contributed by atoms with Crippen LogP contribution in [0.1, 0.15) is 42.3 Å². The van der Waals surface area contributed by atoms with Crippen LogP contribution < -0.4 is 11.2 Å². The van der Waals surface area contributed by atoms with Crippen molar-refractivity contribution < 1.29 is 18.3 Å². The average molecular weight is 391 g/mol. The van der Waals surface area contributed by atoms with Crippen molar-refractivity contribution in [2.75, 3.05) is 0 Å². The van der Waals surface area contributed by atoms with Crippen molar-refractivity contribution in [1.82, 2.24) is 9.55 Å². The van der Waals surface area contributed by atoms with Crippen LogP contribution in [0.4, 0.5) is 4.39 Å². The number of carbonyl (C=O) groups excluding carboxylic acids is 1. The number of rotatable bonds is 3. The van der Waals surface area contributed by atoms with Gasteiger partial charge in [0, 0.05) is 0 Å². The molecule has 0 fully saturated rings. The van der Waals surface area contributed by atoms with Crippen LogP contribution in [0.15, 0.2) is 34.0 Å². The molecule has 0 saturated carbocycles. The minimum absolute atomic E-state index is 0.227. The second kappa shape index (κ2) is 6.27. The number of hydrogen-bond acceptors (Lipinski definition) is 5. The standard InChI is InChI=1S/C18H20FN2O5Si/c1-17(2,3)10-6-7-11-12(8-10)18(25-15(11)23,26-27(4)5)21-9-13(19)14(22)20-16(21)24/h6-9H,1-5H3,(H,20,22,24). The van der Waals surface area contributed by atoms with E-state index in [9.17, 15) is 18.8 Å². The van der Waals surface area contributed by atoms with E-state index in [4.69, 9.17) is 9.16 Å². The average Bonchev–Trinajstić information content (AvgIpc) is 2.82. The highest BCUT2D eigenvalue weighted by Gasteiger charge is 2.51. The topological polar surface area (TPSA) is 90.4 Å². The van der Waals surface area contributed by atoms with Crippen molar-refractivity contribution in [2.24, 2.45) is 0 Å². The highest BCUT2D eigenvalue weighted by atomic mass is 28.3. The molecular weight excluding hydrogens is 371 g/mol. The molecule has 1 unspecified atom stereocenters. The summed E-state index contributed by atoms with van der Waals surface area (Å²) >= 11 is 0. The summed E-state index contributed by atoms with van der Waals surface area (Å²) in [5, 5.41) is 0. The summed E-state index contributed by atoms with van der Waals surface area (Å²) in [7, 11) is -1.53. The molecule has 0 amide bonds. The van der Waals surface area contributed by atoms with Gasteiger partial charge in [0.15, 0.2) is 0 Å². The van der Waals surface area contributed by atoms with Gasteiger partial charge in [0.05, 0.1) is 17.3 Å². The van der Waals surface area contributed by atoms with Gasteiger partial charge in [0.25, 0.3) is 5.56 Å². The van der Waals surface area contributed by atoms with Gasteiger partial charge in [-0.2, -0.15) is 4.39 Å². The number of fused-ring (bicyclic) bond motifs is 1. The zero-order chi connectivity index (χ0) is 20.1. The first-order valence-corrected chi connectivity index (χ1v) is 10.8. The van der Waals surface area contributed by atoms with Crippen molar-refractivity contribution in [3.63, 3.8) is 0 Å². The summed E-state index contributed by atoms with van der Waals surface area (Å²) in [6.45, 7) is 9.57. The maximum Gasteiger partial charge on any atom is 0.342 e. The first-order chi connectivity index (χ1) is 12.5. The molecule has 0 spiro atoms. The van der Waals surface area contributed by atoms with Crippen LogP contribution in [0, 0.1) is 5.82 Å². The van der Waals surface area contributed by atoms with Crippen LogP contribution in [0.2, 0.25) is 13.1 Å². The Labute approximate surface area is 156 Å². The number of cyclic esters (lactones) is 1.